The van der Waals surface area contributed by atoms with Crippen LogP contribution in [0.5, 0.6) is 5.75 Å². The lowest BCUT2D eigenvalue weighted by Crippen LogP contribution is -2.08. The van der Waals surface area contributed by atoms with Crippen LogP contribution in [0.25, 0.3) is 16.5 Å². The largest absolute Gasteiger partial charge is 0.486 e. The summed E-state index contributed by atoms with van der Waals surface area (Å²) in [6.07, 6.45) is 0. The highest BCUT2D eigenvalue weighted by Gasteiger charge is 2.11. The van der Waals surface area contributed by atoms with Crippen molar-refractivity contribution in [2.45, 2.75) is 20.5 Å². The number of aryl methyl sites for hydroxylation is 2. The lowest BCUT2D eigenvalue weighted by Gasteiger charge is -2.10. The number of tetrazole rings is 1. The van der Waals surface area contributed by atoms with E-state index in [-0.39, 0.29) is 0 Å². The highest BCUT2D eigenvalue weighted by atomic mass is 16.5. The molecule has 25 heavy (non-hydrogen) atoms. The Bertz CT molecular complexity index is 1040. The van der Waals surface area contributed by atoms with Crippen molar-refractivity contribution in [3.63, 3.8) is 0 Å². The third-order valence-corrected chi connectivity index (χ3v) is 4.20. The molecule has 1 aromatic heterocycles. The summed E-state index contributed by atoms with van der Waals surface area (Å²) in [7, 11) is 0. The second-order valence-electron chi connectivity index (χ2n) is 6.09. The zero-order valence-corrected chi connectivity index (χ0v) is 14.2. The average Bonchev–Trinajstić information content (AvgIpc) is 3.08. The van der Waals surface area contributed by atoms with Crippen LogP contribution >= 0.6 is 0 Å². The first-order valence-corrected chi connectivity index (χ1v) is 8.17. The Morgan fingerprint density at radius 3 is 2.60 bits per heavy atom. The third-order valence-electron chi connectivity index (χ3n) is 4.20. The molecule has 0 aliphatic carbocycles. The Labute approximate surface area is 145 Å². The van der Waals surface area contributed by atoms with E-state index in [2.05, 4.69) is 59.7 Å². The molecule has 0 saturated heterocycles. The van der Waals surface area contributed by atoms with E-state index in [1.165, 1.54) is 10.9 Å². The maximum Gasteiger partial charge on any atom is 0.194 e. The molecule has 0 unspecified atom stereocenters. The van der Waals surface area contributed by atoms with Gasteiger partial charge >= 0.3 is 0 Å². The van der Waals surface area contributed by atoms with E-state index >= 15 is 0 Å². The standard InChI is InChI=1S/C20H18N4O/c1-14-7-10-19(15(2)11-14)24-20(21-22-23-24)13-25-18-9-8-16-5-3-4-6-17(16)12-18/h3-12H,13H2,1-2H3. The number of aromatic nitrogens is 4. The fourth-order valence-electron chi connectivity index (χ4n) is 2.93. The van der Waals surface area contributed by atoms with Crippen molar-refractivity contribution >= 4 is 10.8 Å². The van der Waals surface area contributed by atoms with E-state index in [4.69, 9.17) is 4.74 Å². The summed E-state index contributed by atoms with van der Waals surface area (Å²) in [5.41, 5.74) is 3.30. The van der Waals surface area contributed by atoms with Crippen LogP contribution in [-0.2, 0) is 6.61 Å². The van der Waals surface area contributed by atoms with Crippen molar-refractivity contribution in [2.24, 2.45) is 0 Å². The number of hydrogen-bond acceptors (Lipinski definition) is 4. The Morgan fingerprint density at radius 2 is 1.76 bits per heavy atom. The molecule has 4 rings (SSSR count). The summed E-state index contributed by atoms with van der Waals surface area (Å²) in [6.45, 7) is 4.43. The van der Waals surface area contributed by atoms with E-state index < -0.39 is 0 Å². The van der Waals surface area contributed by atoms with Gasteiger partial charge in [-0.3, -0.25) is 0 Å². The van der Waals surface area contributed by atoms with Crippen LogP contribution in [0, 0.1) is 13.8 Å². The molecule has 0 aliphatic rings. The molecule has 1 heterocycles. The highest BCUT2D eigenvalue weighted by Crippen LogP contribution is 2.22. The smallest absolute Gasteiger partial charge is 0.194 e. The van der Waals surface area contributed by atoms with Crippen LogP contribution in [0.3, 0.4) is 0 Å². The van der Waals surface area contributed by atoms with Crippen LogP contribution in [0.1, 0.15) is 17.0 Å². The second kappa shape index (κ2) is 6.36. The lowest BCUT2D eigenvalue weighted by molar-refractivity contribution is 0.292. The maximum absolute atomic E-state index is 5.92. The lowest BCUT2D eigenvalue weighted by atomic mass is 10.1. The fraction of sp³-hybridized carbons (Fsp3) is 0.150. The minimum atomic E-state index is 0.304. The molecule has 0 amide bonds. The zero-order chi connectivity index (χ0) is 17.2. The number of hydrogen-bond donors (Lipinski definition) is 0. The molecule has 3 aromatic carbocycles. The van der Waals surface area contributed by atoms with E-state index in [1.807, 2.05) is 30.3 Å². The third kappa shape index (κ3) is 3.08. The van der Waals surface area contributed by atoms with Gasteiger partial charge in [0.2, 0.25) is 0 Å². The molecule has 0 radical (unpaired) electrons. The highest BCUT2D eigenvalue weighted by molar-refractivity contribution is 5.83. The molecule has 4 aromatic rings. The number of nitrogens with zero attached hydrogens (tertiary/aromatic N) is 4. The van der Waals surface area contributed by atoms with E-state index in [9.17, 15) is 0 Å². The first kappa shape index (κ1) is 15.3. The quantitative estimate of drug-likeness (QED) is 0.567. The van der Waals surface area contributed by atoms with Crippen molar-refractivity contribution in [1.82, 2.24) is 20.2 Å². The SMILES string of the molecule is Cc1ccc(-n2nnnc2COc2ccc3ccccc3c2)c(C)c1. The normalized spacial score (nSPS) is 11.0. The molecule has 5 nitrogen and oxygen atoms in total. The minimum absolute atomic E-state index is 0.304. The van der Waals surface area contributed by atoms with Gasteiger partial charge in [-0.15, -0.1) is 5.10 Å². The van der Waals surface area contributed by atoms with Gasteiger partial charge in [0.05, 0.1) is 5.69 Å². The van der Waals surface area contributed by atoms with Crippen LogP contribution in [-0.4, -0.2) is 20.2 Å². The van der Waals surface area contributed by atoms with Crippen molar-refractivity contribution in [2.75, 3.05) is 0 Å². The predicted molar refractivity (Wildman–Crippen MR) is 96.9 cm³/mol. The van der Waals surface area contributed by atoms with Crippen molar-refractivity contribution < 1.29 is 4.74 Å². The van der Waals surface area contributed by atoms with Crippen LogP contribution in [0.15, 0.2) is 60.7 Å². The first-order valence-electron chi connectivity index (χ1n) is 8.17. The summed E-state index contributed by atoms with van der Waals surface area (Å²) >= 11 is 0. The average molecular weight is 330 g/mol. The number of fused-ring (bicyclic) bond motifs is 1. The minimum Gasteiger partial charge on any atom is -0.486 e. The second-order valence-corrected chi connectivity index (χ2v) is 6.09. The molecular weight excluding hydrogens is 312 g/mol. The first-order chi connectivity index (χ1) is 12.2. The molecule has 0 N–H and O–H groups in total. The van der Waals surface area contributed by atoms with Gasteiger partial charge in [0.15, 0.2) is 5.82 Å². The Balaban J connectivity index is 1.58. The van der Waals surface area contributed by atoms with Crippen molar-refractivity contribution in [1.29, 1.82) is 0 Å². The zero-order valence-electron chi connectivity index (χ0n) is 14.2. The van der Waals surface area contributed by atoms with Gasteiger partial charge in [-0.25, -0.2) is 0 Å². The Morgan fingerprint density at radius 1 is 0.920 bits per heavy atom. The summed E-state index contributed by atoms with van der Waals surface area (Å²) in [6, 6.07) is 20.4. The summed E-state index contributed by atoms with van der Waals surface area (Å²) in [4.78, 5) is 0. The number of benzene rings is 3. The van der Waals surface area contributed by atoms with Gasteiger partial charge in [0, 0.05) is 0 Å². The van der Waals surface area contributed by atoms with E-state index in [0.29, 0.717) is 12.4 Å². The molecule has 0 saturated carbocycles. The summed E-state index contributed by atoms with van der Waals surface area (Å²) in [5, 5.41) is 14.4. The molecule has 0 bridgehead atoms. The van der Waals surface area contributed by atoms with Gasteiger partial charge in [-0.1, -0.05) is 48.0 Å². The van der Waals surface area contributed by atoms with Crippen molar-refractivity contribution in [3.8, 4) is 11.4 Å². The molecule has 5 heteroatoms. The molecule has 0 fully saturated rings. The molecule has 0 aliphatic heterocycles. The molecule has 0 atom stereocenters. The van der Waals surface area contributed by atoms with Crippen LogP contribution in [0.4, 0.5) is 0 Å². The van der Waals surface area contributed by atoms with Crippen LogP contribution < -0.4 is 4.74 Å². The molecule has 124 valence electrons. The summed E-state index contributed by atoms with van der Waals surface area (Å²) in [5.74, 6) is 1.47. The number of rotatable bonds is 4. The summed E-state index contributed by atoms with van der Waals surface area (Å²) < 4.78 is 7.65. The van der Waals surface area contributed by atoms with E-state index in [1.54, 1.807) is 4.68 Å². The fourth-order valence-corrected chi connectivity index (χ4v) is 2.93. The molecule has 0 spiro atoms. The maximum atomic E-state index is 5.92. The van der Waals surface area contributed by atoms with Crippen molar-refractivity contribution in [3.05, 3.63) is 77.6 Å². The topological polar surface area (TPSA) is 52.8 Å². The van der Waals surface area contributed by atoms with Gasteiger partial charge in [0.1, 0.15) is 12.4 Å². The van der Waals surface area contributed by atoms with E-state index in [0.717, 1.165) is 22.4 Å². The predicted octanol–water partition coefficient (Wildman–Crippen LogP) is 4.01. The Hall–Kier alpha value is -3.21. The Kier molecular flexibility index (Phi) is 3.90. The van der Waals surface area contributed by atoms with Gasteiger partial charge < -0.3 is 4.74 Å². The van der Waals surface area contributed by atoms with Gasteiger partial charge in [-0.2, -0.15) is 4.68 Å². The molecular formula is C20H18N4O. The monoisotopic (exact) mass is 330 g/mol. The van der Waals surface area contributed by atoms with Crippen LogP contribution in [0.2, 0.25) is 0 Å². The van der Waals surface area contributed by atoms with Gasteiger partial charge in [-0.05, 0) is 58.8 Å². The van der Waals surface area contributed by atoms with Gasteiger partial charge in [0.25, 0.3) is 0 Å². The number of ether oxygens (including phenoxy) is 1.